The quantitative estimate of drug-likeness (QED) is 0.172. The molecule has 50 heavy (non-hydrogen) atoms. The second kappa shape index (κ2) is 9.09. The summed E-state index contributed by atoms with van der Waals surface area (Å²) in [5, 5.41) is 1.36. The zero-order valence-corrected chi connectivity index (χ0v) is 28.6. The van der Waals surface area contributed by atoms with Gasteiger partial charge < -0.3 is 9.47 Å². The third kappa shape index (κ3) is 2.84. The highest BCUT2D eigenvalue weighted by atomic mass is 15.3. The molecule has 1 fully saturated rings. The molecule has 238 valence electrons. The highest BCUT2D eigenvalue weighted by Gasteiger charge is 2.61. The first-order chi connectivity index (χ1) is 24.6. The molecule has 4 heterocycles. The molecule has 3 heteroatoms. The molecule has 0 amide bonds. The van der Waals surface area contributed by atoms with Gasteiger partial charge >= 0.3 is 0 Å². The van der Waals surface area contributed by atoms with Gasteiger partial charge in [0.1, 0.15) is 0 Å². The van der Waals surface area contributed by atoms with Gasteiger partial charge in [-0.1, -0.05) is 147 Å². The van der Waals surface area contributed by atoms with Gasteiger partial charge in [-0.3, -0.25) is 0 Å². The van der Waals surface area contributed by atoms with Crippen molar-refractivity contribution in [2.75, 3.05) is 4.90 Å². The fourth-order valence-corrected chi connectivity index (χ4v) is 11.9. The minimum atomic E-state index is -0.450. The maximum absolute atomic E-state index is 2.83. The molecule has 2 unspecified atom stereocenters. The van der Waals surface area contributed by atoms with Gasteiger partial charge in [0.05, 0.1) is 16.6 Å². The molecule has 6 aromatic carbocycles. The number of rotatable bonds is 2. The smallest absolute Gasteiger partial charge is 0.252 e. The summed E-state index contributed by atoms with van der Waals surface area (Å²) in [7, 11) is 0. The van der Waals surface area contributed by atoms with Crippen molar-refractivity contribution >= 4 is 45.4 Å². The molecular weight excluding hydrogens is 603 g/mol. The van der Waals surface area contributed by atoms with Crippen molar-refractivity contribution in [1.29, 1.82) is 0 Å². The number of aromatic nitrogens is 1. The first kappa shape index (κ1) is 27.5. The monoisotopic (exact) mass is 640 g/mol. The molecule has 0 bridgehead atoms. The van der Waals surface area contributed by atoms with Gasteiger partial charge in [0.15, 0.2) is 0 Å². The van der Waals surface area contributed by atoms with Gasteiger partial charge in [-0.15, -0.1) is 0 Å². The van der Waals surface area contributed by atoms with E-state index in [-0.39, 0.29) is 17.7 Å². The van der Waals surface area contributed by atoms with Crippen molar-refractivity contribution in [3.63, 3.8) is 0 Å². The fourth-order valence-electron chi connectivity index (χ4n) is 11.9. The van der Waals surface area contributed by atoms with E-state index < -0.39 is 5.41 Å². The largest absolute Gasteiger partial charge is 0.335 e. The van der Waals surface area contributed by atoms with Crippen LogP contribution in [0.1, 0.15) is 67.3 Å². The number of anilines is 2. The standard InChI is InChI=1S/C47H37BN2/c1-45-28-11-12-29-46(45,2)50-39-27-15-26-38-41(39)48(37-25-14-23-35(45)44(37)50)36-24-13-21-33-40-43(49(38)42(33)36)32-20-9-10-22-34(32)47(40,30-16-5-3-6-17-30)31-18-7-4-8-19-31/h3-10,13-27H,11-12,28-29H2,1-2H3. The molecule has 2 nitrogen and oxygen atoms in total. The number of fused-ring (bicyclic) bond motifs is 12. The Hall–Kier alpha value is -5.28. The number of para-hydroxylation sites is 2. The van der Waals surface area contributed by atoms with Crippen molar-refractivity contribution in [2.45, 2.75) is 55.9 Å². The number of nitrogens with zero attached hydrogens (tertiary/aromatic N) is 2. The fraction of sp³-hybridized carbons (Fsp3) is 0.191. The van der Waals surface area contributed by atoms with Crippen LogP contribution in [0, 0.1) is 0 Å². The van der Waals surface area contributed by atoms with Crippen LogP contribution in [0.15, 0.2) is 140 Å². The van der Waals surface area contributed by atoms with Gasteiger partial charge in [0.2, 0.25) is 0 Å². The zero-order valence-electron chi connectivity index (χ0n) is 28.6. The average molecular weight is 641 g/mol. The van der Waals surface area contributed by atoms with E-state index in [1.54, 1.807) is 5.56 Å². The molecule has 0 saturated heterocycles. The highest BCUT2D eigenvalue weighted by Crippen LogP contribution is 2.63. The van der Waals surface area contributed by atoms with Crippen LogP contribution in [0.5, 0.6) is 0 Å². The van der Waals surface area contributed by atoms with Crippen molar-refractivity contribution < 1.29 is 0 Å². The summed E-state index contributed by atoms with van der Waals surface area (Å²) in [5.74, 6) is 0. The van der Waals surface area contributed by atoms with E-state index in [9.17, 15) is 0 Å². The first-order valence-corrected chi connectivity index (χ1v) is 18.5. The Labute approximate surface area is 294 Å². The predicted octanol–water partition coefficient (Wildman–Crippen LogP) is 8.88. The Morgan fingerprint density at radius 2 is 1.22 bits per heavy atom. The Bertz CT molecular complexity index is 2560. The average Bonchev–Trinajstić information content (AvgIpc) is 3.74. The number of hydrogen-bond acceptors (Lipinski definition) is 1. The first-order valence-electron chi connectivity index (χ1n) is 18.5. The van der Waals surface area contributed by atoms with Crippen LogP contribution in [-0.2, 0) is 10.8 Å². The molecule has 2 atom stereocenters. The lowest BCUT2D eigenvalue weighted by Gasteiger charge is -2.52. The second-order valence-electron chi connectivity index (χ2n) is 15.9. The van der Waals surface area contributed by atoms with Gasteiger partial charge in [-0.2, -0.15) is 0 Å². The maximum Gasteiger partial charge on any atom is 0.252 e. The predicted molar refractivity (Wildman–Crippen MR) is 208 cm³/mol. The molecule has 1 saturated carbocycles. The molecular formula is C47H37BN2. The molecule has 5 aliphatic rings. The van der Waals surface area contributed by atoms with Gasteiger partial charge in [-0.05, 0) is 70.5 Å². The molecule has 3 aliphatic heterocycles. The second-order valence-corrected chi connectivity index (χ2v) is 15.9. The molecule has 2 aliphatic carbocycles. The van der Waals surface area contributed by atoms with Gasteiger partial charge in [0, 0.05) is 44.5 Å². The lowest BCUT2D eigenvalue weighted by molar-refractivity contribution is 0.195. The lowest BCUT2D eigenvalue weighted by Crippen LogP contribution is -2.64. The van der Waals surface area contributed by atoms with Crippen LogP contribution in [-0.4, -0.2) is 16.8 Å². The minimum Gasteiger partial charge on any atom is -0.335 e. The van der Waals surface area contributed by atoms with Crippen LogP contribution in [0.25, 0.3) is 27.8 Å². The van der Waals surface area contributed by atoms with Crippen LogP contribution in [0.3, 0.4) is 0 Å². The van der Waals surface area contributed by atoms with Crippen LogP contribution >= 0.6 is 0 Å². The van der Waals surface area contributed by atoms with Crippen LogP contribution < -0.4 is 21.3 Å². The molecule has 12 rings (SSSR count). The van der Waals surface area contributed by atoms with Gasteiger partial charge in [0.25, 0.3) is 6.71 Å². The summed E-state index contributed by atoms with van der Waals surface area (Å²) >= 11 is 0. The maximum atomic E-state index is 2.83. The zero-order chi connectivity index (χ0) is 33.0. The van der Waals surface area contributed by atoms with Crippen molar-refractivity contribution in [2.24, 2.45) is 0 Å². The number of hydrogen-bond donors (Lipinski definition) is 0. The topological polar surface area (TPSA) is 8.17 Å². The summed E-state index contributed by atoms with van der Waals surface area (Å²) in [6.45, 7) is 5.32. The van der Waals surface area contributed by atoms with Crippen LogP contribution in [0.4, 0.5) is 11.4 Å². The number of benzene rings is 6. The third-order valence-electron chi connectivity index (χ3n) is 14.0. The van der Waals surface area contributed by atoms with E-state index >= 15 is 0 Å². The molecule has 0 spiro atoms. The van der Waals surface area contributed by atoms with E-state index in [0.717, 1.165) is 0 Å². The Morgan fingerprint density at radius 3 is 2.02 bits per heavy atom. The third-order valence-corrected chi connectivity index (χ3v) is 14.0. The molecule has 1 aromatic heterocycles. The summed E-state index contributed by atoms with van der Waals surface area (Å²) in [6, 6.07) is 53.5. The normalized spacial score (nSPS) is 22.5. The van der Waals surface area contributed by atoms with Crippen molar-refractivity contribution in [1.82, 2.24) is 4.57 Å². The summed E-state index contributed by atoms with van der Waals surface area (Å²) in [6.07, 6.45) is 5.06. The lowest BCUT2D eigenvalue weighted by atomic mass is 9.33. The van der Waals surface area contributed by atoms with Crippen molar-refractivity contribution in [3.05, 3.63) is 167 Å². The Balaban J connectivity index is 1.26. The van der Waals surface area contributed by atoms with E-state index in [2.05, 4.69) is 163 Å². The minimum absolute atomic E-state index is 0.0388. The van der Waals surface area contributed by atoms with E-state index in [0.29, 0.717) is 0 Å². The highest BCUT2D eigenvalue weighted by molar-refractivity contribution is 7.00. The summed E-state index contributed by atoms with van der Waals surface area (Å²) in [5.41, 5.74) is 19.4. The Morgan fingerprint density at radius 1 is 0.580 bits per heavy atom. The molecule has 7 aromatic rings. The Kier molecular flexibility index (Phi) is 5.00. The van der Waals surface area contributed by atoms with Gasteiger partial charge in [-0.25, -0.2) is 0 Å². The van der Waals surface area contributed by atoms with E-state index in [1.807, 2.05) is 0 Å². The summed E-state index contributed by atoms with van der Waals surface area (Å²) < 4.78 is 2.69. The van der Waals surface area contributed by atoms with E-state index in [1.165, 1.54) is 104 Å². The molecule has 0 N–H and O–H groups in total. The molecule has 0 radical (unpaired) electrons. The SMILES string of the molecule is CC12CCCCC1(C)N1c3cccc4c3B(c3cccc2c31)c1cccc2c3c(n-4c12)-c1ccccc1C3(c1ccccc1)c1ccccc1. The van der Waals surface area contributed by atoms with Crippen molar-refractivity contribution in [3.8, 4) is 16.9 Å². The van der Waals surface area contributed by atoms with Crippen LogP contribution in [0.2, 0.25) is 0 Å². The summed E-state index contributed by atoms with van der Waals surface area (Å²) in [4.78, 5) is 2.83. The van der Waals surface area contributed by atoms with E-state index in [4.69, 9.17) is 0 Å².